The van der Waals surface area contributed by atoms with Crippen LogP contribution in [0.15, 0.2) is 54.6 Å². The fraction of sp³-hybridized carbons (Fsp3) is 0.350. The maximum atomic E-state index is 11.7. The first-order valence-electron chi connectivity index (χ1n) is 8.38. The van der Waals surface area contributed by atoms with Crippen molar-refractivity contribution in [2.75, 3.05) is 11.9 Å². The second kappa shape index (κ2) is 7.97. The Kier molecular flexibility index (Phi) is 5.49. The fourth-order valence-electron chi connectivity index (χ4n) is 2.85. The number of rotatable bonds is 7. The Morgan fingerprint density at radius 1 is 1.12 bits per heavy atom. The largest absolute Gasteiger partial charge is 0.461 e. The maximum Gasteiger partial charge on any atom is 0.328 e. The predicted molar refractivity (Wildman–Crippen MR) is 93.8 cm³/mol. The minimum absolute atomic E-state index is 0.0143. The quantitative estimate of drug-likeness (QED) is 0.624. The van der Waals surface area contributed by atoms with Crippen LogP contribution in [0.5, 0.6) is 0 Å². The zero-order valence-corrected chi connectivity index (χ0v) is 13.9. The molecule has 24 heavy (non-hydrogen) atoms. The third-order valence-electron chi connectivity index (χ3n) is 4.08. The van der Waals surface area contributed by atoms with Crippen LogP contribution in [0.4, 0.5) is 5.69 Å². The number of cyclic esters (lactones) is 1. The molecule has 4 heteroatoms. The third kappa shape index (κ3) is 4.59. The highest BCUT2D eigenvalue weighted by atomic mass is 16.6. The van der Waals surface area contributed by atoms with Gasteiger partial charge in [0, 0.05) is 12.1 Å². The van der Waals surface area contributed by atoms with E-state index in [0.717, 1.165) is 17.7 Å². The predicted octanol–water partition coefficient (Wildman–Crippen LogP) is 3.56. The Morgan fingerprint density at radius 3 is 2.67 bits per heavy atom. The normalized spacial score (nSPS) is 20.0. The molecule has 2 aromatic rings. The Hall–Kier alpha value is -2.33. The molecule has 0 saturated carbocycles. The average Bonchev–Trinajstić information content (AvgIpc) is 2.90. The van der Waals surface area contributed by atoms with Gasteiger partial charge in [0.15, 0.2) is 0 Å². The number of hydrogen-bond donors (Lipinski definition) is 1. The summed E-state index contributed by atoms with van der Waals surface area (Å²) in [6, 6.07) is 18.1. The standard InChI is InChI=1S/C20H23NO3/c1-15-12-19(20(22)24-15)21-18-9-5-8-17(13-18)14-23-11-10-16-6-3-2-4-7-16/h2-9,13,15,19,21H,10-12,14H2,1H3/t15-,19-/m1/s1. The number of benzene rings is 2. The van der Waals surface area contributed by atoms with Gasteiger partial charge in [-0.25, -0.2) is 4.79 Å². The smallest absolute Gasteiger partial charge is 0.328 e. The van der Waals surface area contributed by atoms with Crippen molar-refractivity contribution in [3.8, 4) is 0 Å². The summed E-state index contributed by atoms with van der Waals surface area (Å²) in [5.41, 5.74) is 3.30. The van der Waals surface area contributed by atoms with Crippen LogP contribution in [0.3, 0.4) is 0 Å². The van der Waals surface area contributed by atoms with Gasteiger partial charge in [-0.1, -0.05) is 42.5 Å². The molecule has 2 atom stereocenters. The molecule has 0 unspecified atom stereocenters. The zero-order chi connectivity index (χ0) is 16.8. The van der Waals surface area contributed by atoms with Crippen LogP contribution in [-0.4, -0.2) is 24.7 Å². The molecule has 1 fully saturated rings. The van der Waals surface area contributed by atoms with Gasteiger partial charge in [0.1, 0.15) is 12.1 Å². The van der Waals surface area contributed by atoms with E-state index in [0.29, 0.717) is 19.6 Å². The number of carbonyl (C=O) groups excluding carboxylic acids is 1. The Labute approximate surface area is 142 Å². The first kappa shape index (κ1) is 16.5. The SMILES string of the molecule is C[C@@H]1C[C@@H](Nc2cccc(COCCc3ccccc3)c2)C(=O)O1. The van der Waals surface area contributed by atoms with Crippen LogP contribution in [0.1, 0.15) is 24.5 Å². The highest BCUT2D eigenvalue weighted by Crippen LogP contribution is 2.20. The zero-order valence-electron chi connectivity index (χ0n) is 13.9. The topological polar surface area (TPSA) is 47.6 Å². The lowest BCUT2D eigenvalue weighted by Crippen LogP contribution is -2.24. The van der Waals surface area contributed by atoms with Crippen molar-refractivity contribution in [2.24, 2.45) is 0 Å². The highest BCUT2D eigenvalue weighted by molar-refractivity contribution is 5.81. The van der Waals surface area contributed by atoms with Crippen LogP contribution < -0.4 is 5.32 Å². The summed E-state index contributed by atoms with van der Waals surface area (Å²) in [4.78, 5) is 11.7. The maximum absolute atomic E-state index is 11.7. The van der Waals surface area contributed by atoms with Crippen molar-refractivity contribution in [2.45, 2.75) is 38.5 Å². The van der Waals surface area contributed by atoms with E-state index in [1.54, 1.807) is 0 Å². The van der Waals surface area contributed by atoms with E-state index < -0.39 is 0 Å². The first-order valence-corrected chi connectivity index (χ1v) is 8.38. The van der Waals surface area contributed by atoms with Gasteiger partial charge >= 0.3 is 5.97 Å². The number of carbonyl (C=O) groups is 1. The van der Waals surface area contributed by atoms with Gasteiger partial charge in [0.2, 0.25) is 0 Å². The molecule has 1 heterocycles. The van der Waals surface area contributed by atoms with E-state index in [9.17, 15) is 4.79 Å². The molecule has 0 radical (unpaired) electrons. The second-order valence-electron chi connectivity index (χ2n) is 6.17. The van der Waals surface area contributed by atoms with Crippen LogP contribution >= 0.6 is 0 Å². The lowest BCUT2D eigenvalue weighted by atomic mass is 10.1. The van der Waals surface area contributed by atoms with Crippen molar-refractivity contribution < 1.29 is 14.3 Å². The van der Waals surface area contributed by atoms with E-state index in [2.05, 4.69) is 17.4 Å². The van der Waals surface area contributed by atoms with Crippen LogP contribution in [-0.2, 0) is 27.3 Å². The number of hydrogen-bond acceptors (Lipinski definition) is 4. The van der Waals surface area contributed by atoms with E-state index in [1.807, 2.05) is 49.4 Å². The second-order valence-corrected chi connectivity index (χ2v) is 6.17. The molecule has 0 aliphatic carbocycles. The number of nitrogens with one attached hydrogen (secondary N) is 1. The van der Waals surface area contributed by atoms with Crippen LogP contribution in [0, 0.1) is 0 Å². The lowest BCUT2D eigenvalue weighted by Gasteiger charge is -2.12. The van der Waals surface area contributed by atoms with Crippen LogP contribution in [0.25, 0.3) is 0 Å². The summed E-state index contributed by atoms with van der Waals surface area (Å²) in [5, 5.41) is 3.25. The minimum atomic E-state index is -0.255. The molecule has 1 aliphatic rings. The van der Waals surface area contributed by atoms with Gasteiger partial charge in [0.25, 0.3) is 0 Å². The lowest BCUT2D eigenvalue weighted by molar-refractivity contribution is -0.141. The summed E-state index contributed by atoms with van der Waals surface area (Å²) < 4.78 is 10.9. The van der Waals surface area contributed by atoms with Gasteiger partial charge in [-0.15, -0.1) is 0 Å². The fourth-order valence-corrected chi connectivity index (χ4v) is 2.85. The average molecular weight is 325 g/mol. The molecule has 0 aromatic heterocycles. The Morgan fingerprint density at radius 2 is 1.92 bits per heavy atom. The van der Waals surface area contributed by atoms with Gasteiger partial charge in [-0.2, -0.15) is 0 Å². The summed E-state index contributed by atoms with van der Waals surface area (Å²) in [6.45, 7) is 3.17. The highest BCUT2D eigenvalue weighted by Gasteiger charge is 2.31. The number of esters is 1. The van der Waals surface area contributed by atoms with E-state index in [4.69, 9.17) is 9.47 Å². The molecule has 4 nitrogen and oxygen atoms in total. The summed E-state index contributed by atoms with van der Waals surface area (Å²) in [6.07, 6.45) is 1.60. The summed E-state index contributed by atoms with van der Waals surface area (Å²) in [7, 11) is 0. The van der Waals surface area contributed by atoms with Crippen molar-refractivity contribution in [3.63, 3.8) is 0 Å². The number of ether oxygens (including phenoxy) is 2. The van der Waals surface area contributed by atoms with Crippen LogP contribution in [0.2, 0.25) is 0 Å². The van der Waals surface area contributed by atoms with Gasteiger partial charge in [-0.3, -0.25) is 0 Å². The van der Waals surface area contributed by atoms with Crippen molar-refractivity contribution >= 4 is 11.7 Å². The molecular formula is C20H23NO3. The Bertz CT molecular complexity index is 672. The molecule has 2 aromatic carbocycles. The minimum Gasteiger partial charge on any atom is -0.461 e. The van der Waals surface area contributed by atoms with E-state index >= 15 is 0 Å². The number of anilines is 1. The first-order chi connectivity index (χ1) is 11.7. The van der Waals surface area contributed by atoms with Gasteiger partial charge in [-0.05, 0) is 36.6 Å². The molecule has 3 rings (SSSR count). The monoisotopic (exact) mass is 325 g/mol. The Balaban J connectivity index is 1.47. The molecule has 0 spiro atoms. The molecule has 1 saturated heterocycles. The van der Waals surface area contributed by atoms with Crippen molar-refractivity contribution in [3.05, 3.63) is 65.7 Å². The molecule has 1 N–H and O–H groups in total. The van der Waals surface area contributed by atoms with Gasteiger partial charge in [0.05, 0.1) is 13.2 Å². The summed E-state index contributed by atoms with van der Waals surface area (Å²) >= 11 is 0. The van der Waals surface area contributed by atoms with E-state index in [1.165, 1.54) is 5.56 Å². The van der Waals surface area contributed by atoms with Crippen molar-refractivity contribution in [1.82, 2.24) is 0 Å². The summed E-state index contributed by atoms with van der Waals surface area (Å²) in [5.74, 6) is -0.174. The van der Waals surface area contributed by atoms with E-state index in [-0.39, 0.29) is 18.1 Å². The van der Waals surface area contributed by atoms with Crippen molar-refractivity contribution in [1.29, 1.82) is 0 Å². The molecule has 126 valence electrons. The molecule has 0 bridgehead atoms. The molecule has 0 amide bonds. The molecular weight excluding hydrogens is 302 g/mol. The third-order valence-corrected chi connectivity index (χ3v) is 4.08. The molecule has 1 aliphatic heterocycles. The van der Waals surface area contributed by atoms with Gasteiger partial charge < -0.3 is 14.8 Å².